The molecule has 3 N–H and O–H groups in total. The van der Waals surface area contributed by atoms with Crippen LogP contribution in [0.15, 0.2) is 35.7 Å². The van der Waals surface area contributed by atoms with Crippen LogP contribution in [0.1, 0.15) is 0 Å². The first-order valence-corrected chi connectivity index (χ1v) is 6.72. The van der Waals surface area contributed by atoms with E-state index >= 15 is 0 Å². The molecule has 0 aliphatic carbocycles. The van der Waals surface area contributed by atoms with E-state index in [9.17, 15) is 0 Å². The van der Waals surface area contributed by atoms with Crippen LogP contribution in [0, 0.1) is 0 Å². The molecule has 1 aromatic carbocycles. The van der Waals surface area contributed by atoms with Crippen LogP contribution in [-0.4, -0.2) is 17.1 Å². The predicted molar refractivity (Wildman–Crippen MR) is 78.3 cm³/mol. The molecule has 0 fully saturated rings. The molecule has 0 unspecified atom stereocenters. The molecule has 0 spiro atoms. The van der Waals surface area contributed by atoms with Gasteiger partial charge in [0.15, 0.2) is 11.5 Å². The monoisotopic (exact) mass is 288 g/mol. The molecule has 0 saturated heterocycles. The summed E-state index contributed by atoms with van der Waals surface area (Å²) in [7, 11) is 1.59. The van der Waals surface area contributed by atoms with Gasteiger partial charge >= 0.3 is 0 Å². The number of fused-ring (bicyclic) bond motifs is 1. The van der Waals surface area contributed by atoms with Gasteiger partial charge in [-0.2, -0.15) is 4.98 Å². The number of methoxy groups -OCH3 is 1. The minimum absolute atomic E-state index is 0.310. The molecule has 0 radical (unpaired) electrons. The second-order valence-electron chi connectivity index (χ2n) is 3.89. The molecule has 0 atom stereocenters. The Balaban J connectivity index is 2.07. The van der Waals surface area contributed by atoms with Crippen molar-refractivity contribution in [2.24, 2.45) is 5.84 Å². The fourth-order valence-electron chi connectivity index (χ4n) is 1.78. The average Bonchev–Trinajstić information content (AvgIpc) is 2.96. The number of nitrogens with two attached hydrogens (primary N) is 1. The summed E-state index contributed by atoms with van der Waals surface area (Å²) in [4.78, 5) is 9.31. The van der Waals surface area contributed by atoms with Crippen LogP contribution in [0.2, 0.25) is 0 Å². The molecule has 0 aliphatic rings. The van der Waals surface area contributed by atoms with Gasteiger partial charge in [0.2, 0.25) is 11.8 Å². The van der Waals surface area contributed by atoms with Crippen LogP contribution >= 0.6 is 11.3 Å². The zero-order valence-electron chi connectivity index (χ0n) is 10.7. The Labute approximate surface area is 119 Å². The Hall–Kier alpha value is -2.38. The maximum atomic E-state index is 5.85. The lowest BCUT2D eigenvalue weighted by Crippen LogP contribution is -2.10. The smallest absolute Gasteiger partial charge is 0.241 e. The zero-order valence-corrected chi connectivity index (χ0v) is 11.5. The van der Waals surface area contributed by atoms with Gasteiger partial charge in [0.05, 0.1) is 12.5 Å². The second-order valence-corrected chi connectivity index (χ2v) is 4.78. The number of nitrogen functional groups attached to an aromatic ring is 1. The molecule has 7 heteroatoms. The Morgan fingerprint density at radius 1 is 1.15 bits per heavy atom. The van der Waals surface area contributed by atoms with Gasteiger partial charge in [-0.3, -0.25) is 5.43 Å². The van der Waals surface area contributed by atoms with E-state index in [0.29, 0.717) is 23.3 Å². The van der Waals surface area contributed by atoms with Crippen LogP contribution < -0.4 is 20.7 Å². The molecule has 2 heterocycles. The van der Waals surface area contributed by atoms with Gasteiger partial charge in [0.25, 0.3) is 0 Å². The maximum Gasteiger partial charge on any atom is 0.241 e. The SMILES string of the molecule is COc1ccccc1Oc1nc(NN)nc2sccc12. The highest BCUT2D eigenvalue weighted by Gasteiger charge is 2.12. The van der Waals surface area contributed by atoms with Crippen LogP contribution in [0.3, 0.4) is 0 Å². The Bertz CT molecular complexity index is 744. The van der Waals surface area contributed by atoms with Crippen molar-refractivity contribution in [3.8, 4) is 17.4 Å². The molecule has 102 valence electrons. The van der Waals surface area contributed by atoms with E-state index in [1.165, 1.54) is 11.3 Å². The molecule has 6 nitrogen and oxygen atoms in total. The van der Waals surface area contributed by atoms with Crippen molar-refractivity contribution in [1.29, 1.82) is 0 Å². The van der Waals surface area contributed by atoms with Crippen molar-refractivity contribution in [1.82, 2.24) is 9.97 Å². The van der Waals surface area contributed by atoms with Crippen molar-refractivity contribution >= 4 is 27.5 Å². The molecule has 0 aliphatic heterocycles. The number of para-hydroxylation sites is 2. The van der Waals surface area contributed by atoms with Crippen molar-refractivity contribution < 1.29 is 9.47 Å². The second kappa shape index (κ2) is 5.32. The highest BCUT2D eigenvalue weighted by atomic mass is 32.1. The van der Waals surface area contributed by atoms with Gasteiger partial charge in [-0.25, -0.2) is 10.8 Å². The number of hydrazine groups is 1. The number of nitrogens with one attached hydrogen (secondary N) is 1. The number of anilines is 1. The third kappa shape index (κ3) is 2.24. The highest BCUT2D eigenvalue weighted by Crippen LogP contribution is 2.35. The minimum Gasteiger partial charge on any atom is -0.493 e. The molecular weight excluding hydrogens is 276 g/mol. The lowest BCUT2D eigenvalue weighted by molar-refractivity contribution is 0.376. The summed E-state index contributed by atoms with van der Waals surface area (Å²) in [6.45, 7) is 0. The molecule has 0 amide bonds. The van der Waals surface area contributed by atoms with Crippen LogP contribution in [0.5, 0.6) is 17.4 Å². The van der Waals surface area contributed by atoms with E-state index in [2.05, 4.69) is 15.4 Å². The standard InChI is InChI=1S/C13H12N4O2S/c1-18-9-4-2-3-5-10(9)19-11-8-6-7-20-12(8)16-13(15-11)17-14/h2-7H,14H2,1H3,(H,15,16,17). The summed E-state index contributed by atoms with van der Waals surface area (Å²) in [5.74, 6) is 7.35. The summed E-state index contributed by atoms with van der Waals surface area (Å²) >= 11 is 1.49. The molecule has 20 heavy (non-hydrogen) atoms. The number of aromatic nitrogens is 2. The molecule has 3 aromatic rings. The third-order valence-corrected chi connectivity index (χ3v) is 3.50. The fourth-order valence-corrected chi connectivity index (χ4v) is 2.53. The summed E-state index contributed by atoms with van der Waals surface area (Å²) < 4.78 is 11.1. The summed E-state index contributed by atoms with van der Waals surface area (Å²) in [6.07, 6.45) is 0. The normalized spacial score (nSPS) is 10.5. The predicted octanol–water partition coefficient (Wildman–Crippen LogP) is 2.78. The maximum absolute atomic E-state index is 5.85. The van der Waals surface area contributed by atoms with Crippen molar-refractivity contribution in [3.63, 3.8) is 0 Å². The van der Waals surface area contributed by atoms with Gasteiger partial charge in [-0.15, -0.1) is 11.3 Å². The Morgan fingerprint density at radius 2 is 1.95 bits per heavy atom. The van der Waals surface area contributed by atoms with Crippen molar-refractivity contribution in [3.05, 3.63) is 35.7 Å². The lowest BCUT2D eigenvalue weighted by atomic mass is 10.3. The number of benzene rings is 1. The van der Waals surface area contributed by atoms with Crippen molar-refractivity contribution in [2.45, 2.75) is 0 Å². The molecular formula is C13H12N4O2S. The highest BCUT2D eigenvalue weighted by molar-refractivity contribution is 7.16. The van der Waals surface area contributed by atoms with Crippen molar-refractivity contribution in [2.75, 3.05) is 12.5 Å². The Morgan fingerprint density at radius 3 is 2.70 bits per heavy atom. The van der Waals surface area contributed by atoms with Crippen LogP contribution in [0.4, 0.5) is 5.95 Å². The first-order valence-electron chi connectivity index (χ1n) is 5.84. The topological polar surface area (TPSA) is 82.3 Å². The quantitative estimate of drug-likeness (QED) is 0.567. The average molecular weight is 288 g/mol. The number of thiophene rings is 1. The number of hydrogen-bond donors (Lipinski definition) is 2. The minimum atomic E-state index is 0.310. The number of rotatable bonds is 4. The van der Waals surface area contributed by atoms with Crippen LogP contribution in [-0.2, 0) is 0 Å². The van der Waals surface area contributed by atoms with Gasteiger partial charge < -0.3 is 9.47 Å². The zero-order chi connectivity index (χ0) is 13.9. The van der Waals surface area contributed by atoms with Gasteiger partial charge in [0, 0.05) is 0 Å². The van der Waals surface area contributed by atoms with Gasteiger partial charge in [0.1, 0.15) is 4.83 Å². The van der Waals surface area contributed by atoms with E-state index in [1.807, 2.05) is 35.7 Å². The summed E-state index contributed by atoms with van der Waals surface area (Å²) in [5, 5.41) is 2.76. The van der Waals surface area contributed by atoms with E-state index in [4.69, 9.17) is 15.3 Å². The van der Waals surface area contributed by atoms with E-state index in [1.54, 1.807) is 7.11 Å². The fraction of sp³-hybridized carbons (Fsp3) is 0.0769. The molecule has 0 saturated carbocycles. The first-order chi connectivity index (χ1) is 9.81. The number of ether oxygens (including phenoxy) is 2. The van der Waals surface area contributed by atoms with Gasteiger partial charge in [-0.05, 0) is 23.6 Å². The number of hydrogen-bond acceptors (Lipinski definition) is 7. The van der Waals surface area contributed by atoms with E-state index in [-0.39, 0.29) is 0 Å². The summed E-state index contributed by atoms with van der Waals surface area (Å²) in [6, 6.07) is 9.29. The lowest BCUT2D eigenvalue weighted by Gasteiger charge is -2.10. The van der Waals surface area contributed by atoms with E-state index in [0.717, 1.165) is 10.2 Å². The van der Waals surface area contributed by atoms with E-state index < -0.39 is 0 Å². The molecule has 0 bridgehead atoms. The molecule has 3 rings (SSSR count). The Kier molecular flexibility index (Phi) is 3.36. The summed E-state index contributed by atoms with van der Waals surface area (Å²) in [5.41, 5.74) is 2.44. The molecule has 2 aromatic heterocycles. The first kappa shape index (κ1) is 12.6. The van der Waals surface area contributed by atoms with Crippen LogP contribution in [0.25, 0.3) is 10.2 Å². The largest absolute Gasteiger partial charge is 0.493 e. The third-order valence-electron chi connectivity index (χ3n) is 2.69. The number of nitrogens with zero attached hydrogens (tertiary/aromatic N) is 2. The van der Waals surface area contributed by atoms with Gasteiger partial charge in [-0.1, -0.05) is 12.1 Å².